The number of carbonyl (C=O) groups is 1. The van der Waals surface area contributed by atoms with Gasteiger partial charge in [0.2, 0.25) is 0 Å². The minimum Gasteiger partial charge on any atom is -0.480 e. The molecule has 0 aromatic heterocycles. The van der Waals surface area contributed by atoms with E-state index in [2.05, 4.69) is 0 Å². The summed E-state index contributed by atoms with van der Waals surface area (Å²) in [6, 6.07) is 4.43. The Morgan fingerprint density at radius 3 is 2.67 bits per heavy atom. The molecule has 18 heavy (non-hydrogen) atoms. The number of nitro benzene ring substituents is 1. The van der Waals surface area contributed by atoms with E-state index in [0.29, 0.717) is 15.8 Å². The van der Waals surface area contributed by atoms with Crippen LogP contribution in [0.1, 0.15) is 13.3 Å². The summed E-state index contributed by atoms with van der Waals surface area (Å²) in [5.74, 6) is -0.919. The molecular formula is C11H13IN2O4. The Morgan fingerprint density at radius 1 is 1.56 bits per heavy atom. The van der Waals surface area contributed by atoms with Crippen LogP contribution >= 0.6 is 22.6 Å². The van der Waals surface area contributed by atoms with Crippen LogP contribution in [0.4, 0.5) is 11.4 Å². The second kappa shape index (κ2) is 6.53. The number of nitrogens with zero attached hydrogens (tertiary/aromatic N) is 2. The van der Waals surface area contributed by atoms with Crippen LogP contribution < -0.4 is 4.90 Å². The van der Waals surface area contributed by atoms with Gasteiger partial charge in [0.1, 0.15) is 6.54 Å². The lowest BCUT2D eigenvalue weighted by atomic mass is 10.2. The Hall–Kier alpha value is -1.38. The summed E-state index contributed by atoms with van der Waals surface area (Å²) < 4.78 is 0.677. The van der Waals surface area contributed by atoms with Gasteiger partial charge in [0.15, 0.2) is 0 Å². The Labute approximate surface area is 118 Å². The van der Waals surface area contributed by atoms with Crippen molar-refractivity contribution in [3.05, 3.63) is 31.9 Å². The molecule has 0 aliphatic heterocycles. The highest BCUT2D eigenvalue weighted by Gasteiger charge is 2.15. The van der Waals surface area contributed by atoms with Crippen LogP contribution in [0.15, 0.2) is 18.2 Å². The van der Waals surface area contributed by atoms with Gasteiger partial charge in [0, 0.05) is 22.2 Å². The van der Waals surface area contributed by atoms with Crippen molar-refractivity contribution in [2.75, 3.05) is 18.0 Å². The molecule has 7 heteroatoms. The maximum Gasteiger partial charge on any atom is 0.323 e. The van der Waals surface area contributed by atoms with Crippen molar-refractivity contribution in [1.82, 2.24) is 0 Å². The van der Waals surface area contributed by atoms with Gasteiger partial charge in [-0.2, -0.15) is 0 Å². The molecule has 1 N–H and O–H groups in total. The topological polar surface area (TPSA) is 83.7 Å². The lowest BCUT2D eigenvalue weighted by Gasteiger charge is -2.23. The number of benzene rings is 1. The molecule has 98 valence electrons. The maximum absolute atomic E-state index is 10.8. The van der Waals surface area contributed by atoms with Gasteiger partial charge in [-0.15, -0.1) is 0 Å². The molecule has 0 radical (unpaired) electrons. The molecule has 0 amide bonds. The van der Waals surface area contributed by atoms with Gasteiger partial charge in [-0.25, -0.2) is 0 Å². The van der Waals surface area contributed by atoms with Crippen LogP contribution in [0.25, 0.3) is 0 Å². The average Bonchev–Trinajstić information content (AvgIpc) is 2.27. The predicted octanol–water partition coefficient (Wildman–Crippen LogP) is 2.50. The third kappa shape index (κ3) is 3.83. The van der Waals surface area contributed by atoms with Crippen molar-refractivity contribution in [2.45, 2.75) is 13.3 Å². The lowest BCUT2D eigenvalue weighted by Crippen LogP contribution is -2.30. The second-order valence-corrected chi connectivity index (χ2v) is 4.87. The molecule has 0 spiro atoms. The van der Waals surface area contributed by atoms with Crippen molar-refractivity contribution < 1.29 is 14.8 Å². The Kier molecular flexibility index (Phi) is 5.32. The molecule has 0 heterocycles. The number of non-ortho nitro benzene ring substituents is 1. The molecule has 6 nitrogen and oxygen atoms in total. The highest BCUT2D eigenvalue weighted by atomic mass is 127. The Bertz CT molecular complexity index is 464. The molecule has 0 fully saturated rings. The molecule has 1 rings (SSSR count). The van der Waals surface area contributed by atoms with Crippen LogP contribution in [-0.2, 0) is 4.79 Å². The molecule has 0 unspecified atom stereocenters. The van der Waals surface area contributed by atoms with E-state index in [1.807, 2.05) is 29.5 Å². The van der Waals surface area contributed by atoms with Gasteiger partial charge in [-0.3, -0.25) is 14.9 Å². The normalized spacial score (nSPS) is 10.1. The maximum atomic E-state index is 10.8. The fourth-order valence-corrected chi connectivity index (χ4v) is 2.42. The third-order valence-electron chi connectivity index (χ3n) is 2.30. The number of rotatable bonds is 6. The summed E-state index contributed by atoms with van der Waals surface area (Å²) in [5, 5.41) is 19.5. The highest BCUT2D eigenvalue weighted by Crippen LogP contribution is 2.27. The van der Waals surface area contributed by atoms with Crippen molar-refractivity contribution in [2.24, 2.45) is 0 Å². The zero-order valence-corrected chi connectivity index (χ0v) is 12.0. The molecule has 0 saturated carbocycles. The van der Waals surface area contributed by atoms with Crippen LogP contribution in [0.2, 0.25) is 0 Å². The first-order valence-corrected chi connectivity index (χ1v) is 6.44. The van der Waals surface area contributed by atoms with Gasteiger partial charge < -0.3 is 10.0 Å². The Balaban J connectivity index is 3.04. The molecule has 1 aromatic carbocycles. The largest absolute Gasteiger partial charge is 0.480 e. The van der Waals surface area contributed by atoms with Crippen LogP contribution in [0.5, 0.6) is 0 Å². The molecule has 0 aliphatic carbocycles. The van der Waals surface area contributed by atoms with Crippen LogP contribution in [0.3, 0.4) is 0 Å². The van der Waals surface area contributed by atoms with Gasteiger partial charge in [0.05, 0.1) is 10.6 Å². The smallest absolute Gasteiger partial charge is 0.323 e. The highest BCUT2D eigenvalue weighted by molar-refractivity contribution is 14.1. The van der Waals surface area contributed by atoms with Crippen molar-refractivity contribution >= 4 is 39.9 Å². The number of nitro groups is 1. The summed E-state index contributed by atoms with van der Waals surface area (Å²) >= 11 is 1.98. The number of aliphatic carboxylic acids is 1. The standard InChI is InChI=1S/C11H13IN2O4/c1-2-5-13(7-11(15)16)10-4-3-8(14(17)18)6-9(10)12/h3-4,6H,2,5,7H2,1H3,(H,15,16). The third-order valence-corrected chi connectivity index (χ3v) is 3.17. The summed E-state index contributed by atoms with van der Waals surface area (Å²) in [6.07, 6.45) is 0.806. The fraction of sp³-hybridized carbons (Fsp3) is 0.364. The zero-order valence-electron chi connectivity index (χ0n) is 9.80. The molecule has 0 bridgehead atoms. The number of carboxylic acids is 1. The molecule has 0 saturated heterocycles. The van der Waals surface area contributed by atoms with Crippen molar-refractivity contribution in [1.29, 1.82) is 0 Å². The molecule has 0 aliphatic rings. The van der Waals surface area contributed by atoms with E-state index in [1.165, 1.54) is 12.1 Å². The molecular weight excluding hydrogens is 351 g/mol. The quantitative estimate of drug-likeness (QED) is 0.476. The number of hydrogen-bond donors (Lipinski definition) is 1. The minimum atomic E-state index is -0.919. The van der Waals surface area contributed by atoms with Gasteiger partial charge in [-0.05, 0) is 35.1 Å². The van der Waals surface area contributed by atoms with E-state index in [0.717, 1.165) is 6.42 Å². The molecule has 1 aromatic rings. The first-order chi connectivity index (χ1) is 8.45. The SMILES string of the molecule is CCCN(CC(=O)O)c1ccc([N+](=O)[O-])cc1I. The monoisotopic (exact) mass is 364 g/mol. The zero-order chi connectivity index (χ0) is 13.7. The van der Waals surface area contributed by atoms with Crippen molar-refractivity contribution in [3.8, 4) is 0 Å². The number of halogens is 1. The van der Waals surface area contributed by atoms with Crippen LogP contribution in [0, 0.1) is 13.7 Å². The summed E-state index contributed by atoms with van der Waals surface area (Å²) in [6.45, 7) is 2.44. The van der Waals surface area contributed by atoms with Gasteiger partial charge in [0.25, 0.3) is 5.69 Å². The lowest BCUT2D eigenvalue weighted by molar-refractivity contribution is -0.384. The number of carboxylic acid groups (broad SMARTS) is 1. The van der Waals surface area contributed by atoms with Crippen molar-refractivity contribution in [3.63, 3.8) is 0 Å². The Morgan fingerprint density at radius 2 is 2.22 bits per heavy atom. The van der Waals surface area contributed by atoms with Crippen LogP contribution in [-0.4, -0.2) is 29.1 Å². The predicted molar refractivity (Wildman–Crippen MR) is 76.0 cm³/mol. The van der Waals surface area contributed by atoms with E-state index in [4.69, 9.17) is 5.11 Å². The van der Waals surface area contributed by atoms with E-state index >= 15 is 0 Å². The number of anilines is 1. The average molecular weight is 364 g/mol. The first-order valence-electron chi connectivity index (χ1n) is 5.36. The summed E-state index contributed by atoms with van der Waals surface area (Å²) in [7, 11) is 0. The van der Waals surface area contributed by atoms with E-state index in [1.54, 1.807) is 11.0 Å². The van der Waals surface area contributed by atoms with E-state index in [9.17, 15) is 14.9 Å². The van der Waals surface area contributed by atoms with E-state index < -0.39 is 10.9 Å². The molecule has 0 atom stereocenters. The summed E-state index contributed by atoms with van der Waals surface area (Å²) in [5.41, 5.74) is 0.723. The second-order valence-electron chi connectivity index (χ2n) is 3.71. The van der Waals surface area contributed by atoms with E-state index in [-0.39, 0.29) is 12.2 Å². The minimum absolute atomic E-state index is 0.00919. The number of hydrogen-bond acceptors (Lipinski definition) is 4. The van der Waals surface area contributed by atoms with Gasteiger partial charge in [-0.1, -0.05) is 6.92 Å². The van der Waals surface area contributed by atoms with Gasteiger partial charge >= 0.3 is 5.97 Å². The summed E-state index contributed by atoms with van der Waals surface area (Å²) in [4.78, 5) is 22.7. The first kappa shape index (κ1) is 14.7. The fourth-order valence-electron chi connectivity index (χ4n) is 1.58.